The number of rotatable bonds is 5. The van der Waals surface area contributed by atoms with Crippen LogP contribution in [0.15, 0.2) is 39.9 Å². The highest BCUT2D eigenvalue weighted by molar-refractivity contribution is 8.01. The molecule has 2 rings (SSSR count). The maximum Gasteiger partial charge on any atom is 0.337 e. The van der Waals surface area contributed by atoms with Crippen molar-refractivity contribution in [1.82, 2.24) is 0 Å². The molecule has 0 aliphatic heterocycles. The van der Waals surface area contributed by atoms with Crippen LogP contribution in [0.4, 0.5) is 5.69 Å². The summed E-state index contributed by atoms with van der Waals surface area (Å²) < 4.78 is 1.03. The number of thioether (sulfide) groups is 1. The van der Waals surface area contributed by atoms with E-state index in [9.17, 15) is 9.59 Å². The van der Waals surface area contributed by atoms with Gasteiger partial charge < -0.3 is 10.4 Å². The summed E-state index contributed by atoms with van der Waals surface area (Å²) in [4.78, 5) is 22.9. The number of nitrogens with one attached hydrogen (secondary N) is 1. The zero-order valence-corrected chi connectivity index (χ0v) is 12.5. The Hall–Kier alpha value is -1.50. The number of carbonyl (C=O) groups excluding carboxylic acids is 1. The first-order valence-corrected chi connectivity index (χ1v) is 7.79. The maximum atomic E-state index is 11.8. The second-order valence-corrected chi connectivity index (χ2v) is 6.42. The molecule has 0 saturated heterocycles. The summed E-state index contributed by atoms with van der Waals surface area (Å²) in [7, 11) is 0. The van der Waals surface area contributed by atoms with Crippen molar-refractivity contribution in [2.45, 2.75) is 4.21 Å². The molecule has 0 fully saturated rings. The van der Waals surface area contributed by atoms with Crippen LogP contribution in [0.25, 0.3) is 0 Å². The van der Waals surface area contributed by atoms with Crippen LogP contribution >= 0.6 is 34.7 Å². The third-order valence-corrected chi connectivity index (χ3v) is 4.69. The largest absolute Gasteiger partial charge is 0.478 e. The third kappa shape index (κ3) is 4.00. The molecule has 0 aliphatic rings. The number of anilines is 1. The van der Waals surface area contributed by atoms with Gasteiger partial charge in [-0.15, -0.1) is 23.1 Å². The molecule has 0 bridgehead atoms. The van der Waals surface area contributed by atoms with E-state index in [1.54, 1.807) is 11.3 Å². The topological polar surface area (TPSA) is 66.4 Å². The van der Waals surface area contributed by atoms with Crippen LogP contribution < -0.4 is 5.32 Å². The molecule has 0 saturated carbocycles. The van der Waals surface area contributed by atoms with E-state index in [0.717, 1.165) is 4.21 Å². The van der Waals surface area contributed by atoms with E-state index in [0.29, 0.717) is 5.02 Å². The number of carboxylic acids is 1. The van der Waals surface area contributed by atoms with E-state index in [2.05, 4.69) is 5.32 Å². The van der Waals surface area contributed by atoms with Gasteiger partial charge in [0.25, 0.3) is 0 Å². The van der Waals surface area contributed by atoms with Crippen molar-refractivity contribution in [3.05, 3.63) is 46.3 Å². The highest BCUT2D eigenvalue weighted by Crippen LogP contribution is 2.25. The van der Waals surface area contributed by atoms with Crippen LogP contribution in [0.3, 0.4) is 0 Å². The molecule has 0 unspecified atom stereocenters. The zero-order valence-electron chi connectivity index (χ0n) is 10.1. The van der Waals surface area contributed by atoms with Gasteiger partial charge in [-0.05, 0) is 29.6 Å². The van der Waals surface area contributed by atoms with Gasteiger partial charge >= 0.3 is 5.97 Å². The number of carboxylic acid groups (broad SMARTS) is 1. The van der Waals surface area contributed by atoms with Gasteiger partial charge in [0.1, 0.15) is 0 Å². The standard InChI is InChI=1S/C13H10ClNO3S2/c14-8-3-4-9(13(17)18)10(6-8)15-11(16)7-20-12-2-1-5-19-12/h1-6H,7H2,(H,15,16)(H,17,18). The van der Waals surface area contributed by atoms with E-state index < -0.39 is 5.97 Å². The lowest BCUT2D eigenvalue weighted by Gasteiger charge is -2.08. The highest BCUT2D eigenvalue weighted by atomic mass is 35.5. The van der Waals surface area contributed by atoms with Crippen molar-refractivity contribution < 1.29 is 14.7 Å². The lowest BCUT2D eigenvalue weighted by Crippen LogP contribution is -2.16. The van der Waals surface area contributed by atoms with Crippen molar-refractivity contribution >= 4 is 52.3 Å². The summed E-state index contributed by atoms with van der Waals surface area (Å²) in [6.45, 7) is 0. The Balaban J connectivity index is 2.03. The lowest BCUT2D eigenvalue weighted by molar-refractivity contribution is -0.113. The average molecular weight is 328 g/mol. The van der Waals surface area contributed by atoms with Gasteiger partial charge in [-0.3, -0.25) is 4.79 Å². The second kappa shape index (κ2) is 6.78. The van der Waals surface area contributed by atoms with Crippen molar-refractivity contribution in [3.8, 4) is 0 Å². The van der Waals surface area contributed by atoms with Crippen LogP contribution in [-0.4, -0.2) is 22.7 Å². The fourth-order valence-electron chi connectivity index (χ4n) is 1.47. The van der Waals surface area contributed by atoms with Crippen molar-refractivity contribution in [2.75, 3.05) is 11.1 Å². The molecule has 1 aromatic heterocycles. The molecule has 0 aliphatic carbocycles. The van der Waals surface area contributed by atoms with Gasteiger partial charge in [0.15, 0.2) is 0 Å². The van der Waals surface area contributed by atoms with Crippen molar-refractivity contribution in [3.63, 3.8) is 0 Å². The summed E-state index contributed by atoms with van der Waals surface area (Å²) >= 11 is 8.76. The Kier molecular flexibility index (Phi) is 5.05. The highest BCUT2D eigenvalue weighted by Gasteiger charge is 2.13. The Morgan fingerprint density at radius 1 is 1.35 bits per heavy atom. The van der Waals surface area contributed by atoms with E-state index in [1.807, 2.05) is 17.5 Å². The third-order valence-electron chi connectivity index (χ3n) is 2.33. The Labute approximate surface area is 128 Å². The maximum absolute atomic E-state index is 11.8. The molecule has 7 heteroatoms. The van der Waals surface area contributed by atoms with Crippen LogP contribution in [0.5, 0.6) is 0 Å². The summed E-state index contributed by atoms with van der Waals surface area (Å²) in [6, 6.07) is 8.10. The molecule has 1 aromatic carbocycles. The number of thiophene rings is 1. The number of amides is 1. The molecule has 2 N–H and O–H groups in total. The molecule has 1 amide bonds. The van der Waals surface area contributed by atoms with E-state index in [4.69, 9.17) is 16.7 Å². The minimum Gasteiger partial charge on any atom is -0.478 e. The molecule has 0 atom stereocenters. The normalized spacial score (nSPS) is 10.2. The lowest BCUT2D eigenvalue weighted by atomic mass is 10.2. The van der Waals surface area contributed by atoms with Crippen LogP contribution in [0.1, 0.15) is 10.4 Å². The van der Waals surface area contributed by atoms with Crippen molar-refractivity contribution in [1.29, 1.82) is 0 Å². The minimum atomic E-state index is -1.11. The Morgan fingerprint density at radius 3 is 2.80 bits per heavy atom. The Morgan fingerprint density at radius 2 is 2.15 bits per heavy atom. The molecule has 104 valence electrons. The smallest absolute Gasteiger partial charge is 0.337 e. The molecular formula is C13H10ClNO3S2. The predicted octanol–water partition coefficient (Wildman–Crippen LogP) is 3.83. The first kappa shape index (κ1) is 14.9. The molecule has 0 radical (unpaired) electrons. The number of hydrogen-bond donors (Lipinski definition) is 2. The van der Waals surface area contributed by atoms with Gasteiger partial charge in [-0.1, -0.05) is 17.7 Å². The summed E-state index contributed by atoms with van der Waals surface area (Å²) in [5.41, 5.74) is 0.227. The molecule has 0 spiro atoms. The van der Waals surface area contributed by atoms with Crippen molar-refractivity contribution in [2.24, 2.45) is 0 Å². The number of benzene rings is 1. The Bertz CT molecular complexity index is 629. The molecule has 2 aromatic rings. The first-order valence-electron chi connectivity index (χ1n) is 5.55. The zero-order chi connectivity index (χ0) is 14.5. The quantitative estimate of drug-likeness (QED) is 0.819. The predicted molar refractivity (Wildman–Crippen MR) is 82.1 cm³/mol. The fourth-order valence-corrected chi connectivity index (χ4v) is 3.23. The summed E-state index contributed by atoms with van der Waals surface area (Å²) in [6.07, 6.45) is 0. The first-order chi connectivity index (χ1) is 9.56. The molecule has 20 heavy (non-hydrogen) atoms. The minimum absolute atomic E-state index is 0.0175. The fraction of sp³-hybridized carbons (Fsp3) is 0.0769. The second-order valence-electron chi connectivity index (χ2n) is 3.76. The molecular weight excluding hydrogens is 318 g/mol. The summed E-state index contributed by atoms with van der Waals surface area (Å²) in [5.74, 6) is -1.16. The molecule has 4 nitrogen and oxygen atoms in total. The number of halogens is 1. The van der Waals surface area contributed by atoms with Crippen LogP contribution in [0.2, 0.25) is 5.02 Å². The van der Waals surface area contributed by atoms with Gasteiger partial charge in [-0.2, -0.15) is 0 Å². The monoisotopic (exact) mass is 327 g/mol. The number of carbonyl (C=O) groups is 2. The van der Waals surface area contributed by atoms with Gasteiger partial charge in [0.05, 0.1) is 21.2 Å². The van der Waals surface area contributed by atoms with Gasteiger partial charge in [-0.25, -0.2) is 4.79 Å². The van der Waals surface area contributed by atoms with Crippen LogP contribution in [-0.2, 0) is 4.79 Å². The number of aromatic carboxylic acids is 1. The van der Waals surface area contributed by atoms with E-state index in [1.165, 1.54) is 30.0 Å². The SMILES string of the molecule is O=C(CSc1cccs1)Nc1cc(Cl)ccc1C(=O)O. The van der Waals surface area contributed by atoms with E-state index in [-0.39, 0.29) is 22.9 Å². The number of hydrogen-bond acceptors (Lipinski definition) is 4. The van der Waals surface area contributed by atoms with Crippen LogP contribution in [0, 0.1) is 0 Å². The average Bonchev–Trinajstić information content (AvgIpc) is 2.89. The van der Waals surface area contributed by atoms with E-state index >= 15 is 0 Å². The van der Waals surface area contributed by atoms with Gasteiger partial charge in [0.2, 0.25) is 5.91 Å². The summed E-state index contributed by atoms with van der Waals surface area (Å²) in [5, 5.41) is 13.9. The van der Waals surface area contributed by atoms with Gasteiger partial charge in [0, 0.05) is 5.02 Å². The molecule has 1 heterocycles.